The van der Waals surface area contributed by atoms with Gasteiger partial charge in [-0.25, -0.2) is 4.79 Å². The van der Waals surface area contributed by atoms with Crippen molar-refractivity contribution in [2.24, 2.45) is 11.8 Å². The van der Waals surface area contributed by atoms with E-state index in [0.717, 1.165) is 6.42 Å². The Hall–Kier alpha value is -1.70. The van der Waals surface area contributed by atoms with E-state index in [-0.39, 0.29) is 19.1 Å². The van der Waals surface area contributed by atoms with Crippen molar-refractivity contribution in [1.82, 2.24) is 9.80 Å². The number of hydrogen-bond donors (Lipinski definition) is 1. The van der Waals surface area contributed by atoms with Crippen molar-refractivity contribution in [1.29, 1.82) is 0 Å². The maximum atomic E-state index is 12.2. The minimum absolute atomic E-state index is 0.0321. The van der Waals surface area contributed by atoms with Crippen molar-refractivity contribution in [2.45, 2.75) is 20.3 Å². The lowest BCUT2D eigenvalue weighted by Crippen LogP contribution is -2.50. The lowest BCUT2D eigenvalue weighted by Gasteiger charge is -2.37. The van der Waals surface area contributed by atoms with Gasteiger partial charge in [0.25, 0.3) is 0 Å². The summed E-state index contributed by atoms with van der Waals surface area (Å²) in [5.74, 6) is 2.17. The third-order valence-electron chi connectivity index (χ3n) is 3.02. The molecule has 18 heavy (non-hydrogen) atoms. The smallest absolute Gasteiger partial charge is 0.323 e. The van der Waals surface area contributed by atoms with E-state index in [1.54, 1.807) is 4.90 Å². The first-order valence-corrected chi connectivity index (χ1v) is 6.13. The molecule has 5 heteroatoms. The number of likely N-dealkylation sites (tertiary alicyclic amines) is 1. The molecule has 0 aromatic rings. The molecule has 0 aromatic heterocycles. The van der Waals surface area contributed by atoms with Crippen LogP contribution in [0.25, 0.3) is 0 Å². The number of aliphatic carboxylic acids is 1. The van der Waals surface area contributed by atoms with Crippen LogP contribution in [-0.2, 0) is 4.79 Å². The molecule has 0 aromatic carbocycles. The van der Waals surface area contributed by atoms with E-state index in [1.165, 1.54) is 4.90 Å². The first-order valence-electron chi connectivity index (χ1n) is 6.13. The lowest BCUT2D eigenvalue weighted by atomic mass is 9.92. The number of urea groups is 1. The van der Waals surface area contributed by atoms with E-state index in [2.05, 4.69) is 19.8 Å². The van der Waals surface area contributed by atoms with E-state index < -0.39 is 5.97 Å². The Bertz CT molecular complexity index is 352. The molecular weight excluding hydrogens is 232 g/mol. The number of terminal acetylenes is 1. The van der Waals surface area contributed by atoms with Crippen molar-refractivity contribution in [2.75, 3.05) is 26.2 Å². The monoisotopic (exact) mass is 252 g/mol. The van der Waals surface area contributed by atoms with E-state index in [0.29, 0.717) is 24.9 Å². The van der Waals surface area contributed by atoms with Gasteiger partial charge in [-0.3, -0.25) is 4.79 Å². The van der Waals surface area contributed by atoms with Crippen molar-refractivity contribution in [3.63, 3.8) is 0 Å². The number of carboxylic acid groups (broad SMARTS) is 1. The number of amides is 2. The quantitative estimate of drug-likeness (QED) is 0.765. The second-order valence-corrected chi connectivity index (χ2v) is 5.09. The molecule has 0 aliphatic carbocycles. The van der Waals surface area contributed by atoms with E-state index in [1.807, 2.05) is 0 Å². The molecule has 1 fully saturated rings. The topological polar surface area (TPSA) is 60.9 Å². The zero-order valence-electron chi connectivity index (χ0n) is 10.9. The highest BCUT2D eigenvalue weighted by atomic mass is 16.4. The fraction of sp³-hybridized carbons (Fsp3) is 0.692. The Morgan fingerprint density at radius 1 is 1.39 bits per heavy atom. The van der Waals surface area contributed by atoms with Crippen LogP contribution in [0.4, 0.5) is 4.79 Å². The van der Waals surface area contributed by atoms with Gasteiger partial charge in [-0.05, 0) is 18.3 Å². The maximum Gasteiger partial charge on any atom is 0.323 e. The highest BCUT2D eigenvalue weighted by molar-refractivity contribution is 5.80. The highest BCUT2D eigenvalue weighted by Gasteiger charge is 2.28. The van der Waals surface area contributed by atoms with Crippen LogP contribution in [0.15, 0.2) is 0 Å². The predicted molar refractivity (Wildman–Crippen MR) is 68.0 cm³/mol. The van der Waals surface area contributed by atoms with E-state index in [4.69, 9.17) is 11.5 Å². The Morgan fingerprint density at radius 2 is 1.94 bits per heavy atom. The summed E-state index contributed by atoms with van der Waals surface area (Å²) < 4.78 is 0. The molecular formula is C13H20N2O3. The molecule has 0 saturated carbocycles. The summed E-state index contributed by atoms with van der Waals surface area (Å²) in [6.45, 7) is 5.22. The molecule has 1 heterocycles. The molecule has 100 valence electrons. The molecule has 0 radical (unpaired) electrons. The summed E-state index contributed by atoms with van der Waals surface area (Å²) in [6.07, 6.45) is 6.27. The first kappa shape index (κ1) is 14.4. The van der Waals surface area contributed by atoms with Crippen LogP contribution in [0.2, 0.25) is 0 Å². The third-order valence-corrected chi connectivity index (χ3v) is 3.02. The van der Waals surface area contributed by atoms with Gasteiger partial charge in [-0.15, -0.1) is 6.42 Å². The van der Waals surface area contributed by atoms with Gasteiger partial charge >= 0.3 is 12.0 Å². The second-order valence-electron chi connectivity index (χ2n) is 5.09. The number of carbonyl (C=O) groups excluding carboxylic acids is 1. The molecule has 1 rings (SSSR count). The summed E-state index contributed by atoms with van der Waals surface area (Å²) in [6, 6.07) is -0.270. The summed E-state index contributed by atoms with van der Waals surface area (Å²) >= 11 is 0. The minimum atomic E-state index is -1.04. The fourth-order valence-corrected chi connectivity index (χ4v) is 2.48. The molecule has 0 bridgehead atoms. The number of piperidine rings is 1. The normalized spacial score (nSPS) is 23.3. The van der Waals surface area contributed by atoms with Crippen molar-refractivity contribution in [3.05, 3.63) is 0 Å². The predicted octanol–water partition coefficient (Wildman–Crippen LogP) is 1.10. The van der Waals surface area contributed by atoms with Gasteiger partial charge in [0.15, 0.2) is 0 Å². The molecule has 1 N–H and O–H groups in total. The minimum Gasteiger partial charge on any atom is -0.480 e. The Morgan fingerprint density at radius 3 is 2.39 bits per heavy atom. The Kier molecular flexibility index (Phi) is 5.02. The van der Waals surface area contributed by atoms with Crippen LogP contribution in [0, 0.1) is 24.2 Å². The zero-order valence-corrected chi connectivity index (χ0v) is 10.9. The molecule has 5 nitrogen and oxygen atoms in total. The molecule has 2 amide bonds. The number of carbonyl (C=O) groups is 2. The van der Waals surface area contributed by atoms with Crippen LogP contribution >= 0.6 is 0 Å². The standard InChI is InChI=1S/C13H20N2O3/c1-4-5-14(9-12(16)17)13(18)15-7-10(2)6-11(3)8-15/h1,10-11H,5-9H2,2-3H3,(H,16,17). The molecule has 2 atom stereocenters. The molecule has 0 spiro atoms. The Balaban J connectivity index is 2.69. The van der Waals surface area contributed by atoms with Crippen molar-refractivity contribution < 1.29 is 14.7 Å². The second kappa shape index (κ2) is 6.29. The van der Waals surface area contributed by atoms with Crippen LogP contribution in [-0.4, -0.2) is 53.1 Å². The third kappa shape index (κ3) is 3.95. The van der Waals surface area contributed by atoms with Crippen LogP contribution < -0.4 is 0 Å². The summed E-state index contributed by atoms with van der Waals surface area (Å²) in [7, 11) is 0. The molecule has 1 aliphatic heterocycles. The largest absolute Gasteiger partial charge is 0.480 e. The maximum absolute atomic E-state index is 12.2. The number of carboxylic acids is 1. The van der Waals surface area contributed by atoms with Crippen LogP contribution in [0.3, 0.4) is 0 Å². The molecule has 2 unspecified atom stereocenters. The lowest BCUT2D eigenvalue weighted by molar-refractivity contribution is -0.137. The molecule has 1 saturated heterocycles. The number of hydrogen-bond acceptors (Lipinski definition) is 2. The van der Waals surface area contributed by atoms with Gasteiger partial charge in [-0.1, -0.05) is 19.8 Å². The summed E-state index contributed by atoms with van der Waals surface area (Å²) in [5.41, 5.74) is 0. The average Bonchev–Trinajstić information content (AvgIpc) is 2.25. The summed E-state index contributed by atoms with van der Waals surface area (Å²) in [4.78, 5) is 25.8. The van der Waals surface area contributed by atoms with Gasteiger partial charge < -0.3 is 14.9 Å². The zero-order chi connectivity index (χ0) is 13.7. The Labute approximate surface area is 108 Å². The van der Waals surface area contributed by atoms with Gasteiger partial charge in [0.1, 0.15) is 6.54 Å². The van der Waals surface area contributed by atoms with Gasteiger partial charge in [0.05, 0.1) is 6.54 Å². The van der Waals surface area contributed by atoms with E-state index >= 15 is 0 Å². The molecule has 1 aliphatic rings. The SMILES string of the molecule is C#CCN(CC(=O)O)C(=O)N1CC(C)CC(C)C1. The first-order chi connectivity index (χ1) is 8.43. The van der Waals surface area contributed by atoms with Gasteiger partial charge in [-0.2, -0.15) is 0 Å². The van der Waals surface area contributed by atoms with Crippen LogP contribution in [0.1, 0.15) is 20.3 Å². The number of rotatable bonds is 3. The van der Waals surface area contributed by atoms with Gasteiger partial charge in [0.2, 0.25) is 0 Å². The van der Waals surface area contributed by atoms with Gasteiger partial charge in [0, 0.05) is 13.1 Å². The fourth-order valence-electron chi connectivity index (χ4n) is 2.48. The van der Waals surface area contributed by atoms with E-state index in [9.17, 15) is 9.59 Å². The average molecular weight is 252 g/mol. The number of nitrogens with zero attached hydrogens (tertiary/aromatic N) is 2. The highest BCUT2D eigenvalue weighted by Crippen LogP contribution is 2.21. The van der Waals surface area contributed by atoms with Crippen LogP contribution in [0.5, 0.6) is 0 Å². The summed E-state index contributed by atoms with van der Waals surface area (Å²) in [5, 5.41) is 8.78. The van der Waals surface area contributed by atoms with Crippen molar-refractivity contribution in [3.8, 4) is 12.3 Å². The van der Waals surface area contributed by atoms with Crippen molar-refractivity contribution >= 4 is 12.0 Å².